The second-order valence-electron chi connectivity index (χ2n) is 5.30. The molecule has 0 radical (unpaired) electrons. The first-order valence-electron chi connectivity index (χ1n) is 6.52. The van der Waals surface area contributed by atoms with E-state index in [1.165, 1.54) is 0 Å². The Bertz CT molecular complexity index is 438. The molecule has 1 aliphatic heterocycles. The third kappa shape index (κ3) is 3.28. The van der Waals surface area contributed by atoms with Crippen LogP contribution in [0.25, 0.3) is 0 Å². The molecule has 5 nitrogen and oxygen atoms in total. The van der Waals surface area contributed by atoms with Crippen molar-refractivity contribution in [2.24, 2.45) is 7.05 Å². The molecule has 1 aromatic rings. The molecule has 0 saturated carbocycles. The van der Waals surface area contributed by atoms with E-state index >= 15 is 0 Å². The van der Waals surface area contributed by atoms with Crippen molar-refractivity contribution in [3.05, 3.63) is 17.5 Å². The second-order valence-corrected chi connectivity index (χ2v) is 5.30. The van der Waals surface area contributed by atoms with Crippen molar-refractivity contribution in [1.29, 1.82) is 0 Å². The van der Waals surface area contributed by atoms with E-state index in [0.29, 0.717) is 17.7 Å². The lowest BCUT2D eigenvalue weighted by molar-refractivity contribution is 0.0732. The number of hydrogen-bond donors (Lipinski definition) is 1. The minimum Gasteiger partial charge on any atom is -0.336 e. The van der Waals surface area contributed by atoms with Crippen LogP contribution in [-0.2, 0) is 7.05 Å². The number of nitrogens with one attached hydrogen (secondary N) is 1. The molecule has 1 aliphatic rings. The molecule has 1 aromatic heterocycles. The maximum atomic E-state index is 12.4. The molecule has 0 spiro atoms. The number of carbonyl (C=O) groups excluding carboxylic acids is 1. The van der Waals surface area contributed by atoms with Gasteiger partial charge in [-0.1, -0.05) is 13.8 Å². The first-order valence-corrected chi connectivity index (χ1v) is 6.52. The smallest absolute Gasteiger partial charge is 0.272 e. The van der Waals surface area contributed by atoms with Gasteiger partial charge in [-0.15, -0.1) is 12.4 Å². The van der Waals surface area contributed by atoms with Gasteiger partial charge in [-0.2, -0.15) is 5.10 Å². The summed E-state index contributed by atoms with van der Waals surface area (Å²) in [5.74, 6) is 0.404. The summed E-state index contributed by atoms with van der Waals surface area (Å²) < 4.78 is 1.69. The highest BCUT2D eigenvalue weighted by Gasteiger charge is 2.26. The number of aryl methyl sites for hydroxylation is 1. The first kappa shape index (κ1) is 16.0. The fourth-order valence-corrected chi connectivity index (χ4v) is 2.29. The van der Waals surface area contributed by atoms with Gasteiger partial charge in [0.25, 0.3) is 5.91 Å². The average Bonchev–Trinajstić information content (AvgIpc) is 2.95. The molecule has 1 amide bonds. The highest BCUT2D eigenvalue weighted by Crippen LogP contribution is 2.16. The molecule has 1 atom stereocenters. The van der Waals surface area contributed by atoms with Crippen LogP contribution >= 0.6 is 12.4 Å². The van der Waals surface area contributed by atoms with Crippen molar-refractivity contribution in [2.45, 2.75) is 32.2 Å². The summed E-state index contributed by atoms with van der Waals surface area (Å²) >= 11 is 0. The summed E-state index contributed by atoms with van der Waals surface area (Å²) in [6.07, 6.45) is 1.02. The van der Waals surface area contributed by atoms with Crippen LogP contribution in [0.5, 0.6) is 0 Å². The van der Waals surface area contributed by atoms with E-state index in [2.05, 4.69) is 24.3 Å². The van der Waals surface area contributed by atoms with Crippen molar-refractivity contribution < 1.29 is 4.79 Å². The Labute approximate surface area is 120 Å². The number of rotatable bonds is 3. The highest BCUT2D eigenvalue weighted by atomic mass is 35.5. The Balaban J connectivity index is 0.00000180. The third-order valence-corrected chi connectivity index (χ3v) is 3.61. The van der Waals surface area contributed by atoms with Gasteiger partial charge < -0.3 is 10.2 Å². The molecule has 2 heterocycles. The van der Waals surface area contributed by atoms with E-state index in [9.17, 15) is 4.79 Å². The molecular formula is C13H23ClN4O. The lowest BCUT2D eigenvalue weighted by atomic mass is 10.1. The number of aromatic nitrogens is 2. The third-order valence-electron chi connectivity index (χ3n) is 3.61. The van der Waals surface area contributed by atoms with Crippen LogP contribution in [0.2, 0.25) is 0 Å². The van der Waals surface area contributed by atoms with E-state index in [1.54, 1.807) is 4.68 Å². The average molecular weight is 287 g/mol. The number of amides is 1. The van der Waals surface area contributed by atoms with Crippen LogP contribution in [0.3, 0.4) is 0 Å². The summed E-state index contributed by atoms with van der Waals surface area (Å²) in [4.78, 5) is 14.3. The maximum absolute atomic E-state index is 12.4. The Hall–Kier alpha value is -1.07. The van der Waals surface area contributed by atoms with E-state index < -0.39 is 0 Å². The molecule has 0 bridgehead atoms. The molecular weight excluding hydrogens is 264 g/mol. The van der Waals surface area contributed by atoms with Crippen molar-refractivity contribution in [2.75, 3.05) is 20.1 Å². The van der Waals surface area contributed by atoms with Crippen LogP contribution < -0.4 is 5.32 Å². The van der Waals surface area contributed by atoms with Crippen molar-refractivity contribution >= 4 is 18.3 Å². The minimum atomic E-state index is 0. The van der Waals surface area contributed by atoms with E-state index in [1.807, 2.05) is 25.1 Å². The van der Waals surface area contributed by atoms with Gasteiger partial charge in [-0.25, -0.2) is 0 Å². The Morgan fingerprint density at radius 1 is 1.58 bits per heavy atom. The molecule has 108 valence electrons. The van der Waals surface area contributed by atoms with Gasteiger partial charge in [-0.3, -0.25) is 9.48 Å². The molecule has 1 N–H and O–H groups in total. The van der Waals surface area contributed by atoms with Gasteiger partial charge in [0.2, 0.25) is 0 Å². The minimum absolute atomic E-state index is 0. The number of halogens is 1. The van der Waals surface area contributed by atoms with Crippen LogP contribution in [0, 0.1) is 0 Å². The van der Waals surface area contributed by atoms with E-state index in [0.717, 1.165) is 25.2 Å². The topological polar surface area (TPSA) is 50.2 Å². The fraction of sp³-hybridized carbons (Fsp3) is 0.692. The standard InChI is InChI=1S/C13H22N4O.ClH/c1-9(2)11-7-12(17(4)15-11)13(18)16(3)10-5-6-14-8-10;/h7,9-10,14H,5-6,8H2,1-4H3;1H. The molecule has 19 heavy (non-hydrogen) atoms. The zero-order valence-electron chi connectivity index (χ0n) is 12.0. The molecule has 2 rings (SSSR count). The number of nitrogens with zero attached hydrogens (tertiary/aromatic N) is 3. The lowest BCUT2D eigenvalue weighted by Crippen LogP contribution is -2.39. The van der Waals surface area contributed by atoms with Crippen LogP contribution in [0.15, 0.2) is 6.07 Å². The Morgan fingerprint density at radius 2 is 2.26 bits per heavy atom. The molecule has 0 aliphatic carbocycles. The summed E-state index contributed by atoms with van der Waals surface area (Å²) in [5, 5.41) is 7.68. The lowest BCUT2D eigenvalue weighted by Gasteiger charge is -2.23. The molecule has 1 fully saturated rings. The summed E-state index contributed by atoms with van der Waals surface area (Å²) in [5.41, 5.74) is 1.65. The quantitative estimate of drug-likeness (QED) is 0.914. The second kappa shape index (κ2) is 6.39. The molecule has 1 unspecified atom stereocenters. The van der Waals surface area contributed by atoms with Crippen LogP contribution in [0.4, 0.5) is 0 Å². The number of likely N-dealkylation sites (N-methyl/N-ethyl adjacent to an activating group) is 1. The predicted molar refractivity (Wildman–Crippen MR) is 77.9 cm³/mol. The Morgan fingerprint density at radius 3 is 2.74 bits per heavy atom. The fourth-order valence-electron chi connectivity index (χ4n) is 2.29. The van der Waals surface area contributed by atoms with Gasteiger partial charge in [0.1, 0.15) is 5.69 Å². The van der Waals surface area contributed by atoms with E-state index in [4.69, 9.17) is 0 Å². The maximum Gasteiger partial charge on any atom is 0.272 e. The van der Waals surface area contributed by atoms with Gasteiger partial charge in [0.05, 0.1) is 5.69 Å². The Kier molecular flexibility index (Phi) is 5.38. The highest BCUT2D eigenvalue weighted by molar-refractivity contribution is 5.92. The van der Waals surface area contributed by atoms with Crippen LogP contribution in [0.1, 0.15) is 42.4 Å². The van der Waals surface area contributed by atoms with Crippen molar-refractivity contribution in [3.8, 4) is 0 Å². The van der Waals surface area contributed by atoms with Crippen LogP contribution in [-0.4, -0.2) is 46.8 Å². The van der Waals surface area contributed by atoms with Crippen molar-refractivity contribution in [3.63, 3.8) is 0 Å². The monoisotopic (exact) mass is 286 g/mol. The van der Waals surface area contributed by atoms with Gasteiger partial charge in [0.15, 0.2) is 0 Å². The van der Waals surface area contributed by atoms with Gasteiger partial charge in [0, 0.05) is 26.7 Å². The zero-order chi connectivity index (χ0) is 13.3. The molecule has 6 heteroatoms. The summed E-state index contributed by atoms with van der Waals surface area (Å²) in [6.45, 7) is 6.05. The normalized spacial score (nSPS) is 18.5. The van der Waals surface area contributed by atoms with Gasteiger partial charge in [-0.05, 0) is 24.9 Å². The number of hydrogen-bond acceptors (Lipinski definition) is 3. The van der Waals surface area contributed by atoms with E-state index in [-0.39, 0.29) is 18.3 Å². The summed E-state index contributed by atoms with van der Waals surface area (Å²) in [7, 11) is 3.71. The largest absolute Gasteiger partial charge is 0.336 e. The predicted octanol–water partition coefficient (Wildman–Crippen LogP) is 1.40. The SMILES string of the molecule is CC(C)c1cc(C(=O)N(C)C2CCNC2)n(C)n1.Cl. The molecule has 1 saturated heterocycles. The van der Waals surface area contributed by atoms with Crippen molar-refractivity contribution in [1.82, 2.24) is 20.0 Å². The number of carbonyl (C=O) groups is 1. The first-order chi connectivity index (χ1) is 8.50. The van der Waals surface area contributed by atoms with Gasteiger partial charge >= 0.3 is 0 Å². The zero-order valence-corrected chi connectivity index (χ0v) is 12.8. The molecule has 0 aromatic carbocycles. The summed E-state index contributed by atoms with van der Waals surface area (Å²) in [6, 6.07) is 2.21.